The van der Waals surface area contributed by atoms with Crippen molar-refractivity contribution in [2.24, 2.45) is 0 Å². The number of carbonyl (C=O) groups excluding carboxylic acids is 1. The number of nitrogens with zero attached hydrogens (tertiary/aromatic N) is 3. The molecule has 0 unspecified atom stereocenters. The van der Waals surface area contributed by atoms with E-state index in [0.29, 0.717) is 5.56 Å². The average molecular weight is 321 g/mol. The van der Waals surface area contributed by atoms with Crippen LogP contribution < -0.4 is 5.43 Å². The summed E-state index contributed by atoms with van der Waals surface area (Å²) in [5, 5.41) is 10.6. The third-order valence-corrected chi connectivity index (χ3v) is 2.86. The van der Waals surface area contributed by atoms with Crippen molar-refractivity contribution in [1.29, 1.82) is 0 Å². The minimum Gasteiger partial charge on any atom is -0.337 e. The molecule has 2 rings (SSSR count). The maximum atomic E-state index is 12.0. The van der Waals surface area contributed by atoms with Crippen LogP contribution in [0.1, 0.15) is 22.5 Å². The minimum atomic E-state index is -0.162. The van der Waals surface area contributed by atoms with Gasteiger partial charge in [0.25, 0.3) is 0 Å². The Morgan fingerprint density at radius 3 is 2.46 bits per heavy atom. The predicted molar refractivity (Wildman–Crippen MR) is 89.2 cm³/mol. The lowest BCUT2D eigenvalue weighted by Crippen LogP contribution is -2.02. The summed E-state index contributed by atoms with van der Waals surface area (Å²) >= 11 is 0. The van der Waals surface area contributed by atoms with Crippen LogP contribution in [0.4, 0.5) is 0 Å². The highest BCUT2D eigenvalue weighted by Crippen LogP contribution is 2.15. The van der Waals surface area contributed by atoms with Gasteiger partial charge in [0.2, 0.25) is 0 Å². The van der Waals surface area contributed by atoms with Crippen LogP contribution in [0, 0.1) is 0 Å². The first-order valence-electron chi connectivity index (χ1n) is 7.20. The number of carbonyl (C=O) groups is 1. The number of aromatic nitrogens is 3. The topological polar surface area (TPSA) is 85.9 Å². The van der Waals surface area contributed by atoms with Gasteiger partial charge in [0.15, 0.2) is 17.0 Å². The zero-order chi connectivity index (χ0) is 17.0. The molecule has 0 N–H and O–H groups in total. The number of ketones is 1. The van der Waals surface area contributed by atoms with Gasteiger partial charge in [-0.2, -0.15) is 0 Å². The van der Waals surface area contributed by atoms with Gasteiger partial charge in [-0.05, 0) is 35.6 Å². The normalized spacial score (nSPS) is 11.2. The molecule has 0 bridgehead atoms. The summed E-state index contributed by atoms with van der Waals surface area (Å²) in [6.45, 7) is 0. The van der Waals surface area contributed by atoms with Gasteiger partial charge >= 0.3 is 0 Å². The Balaban J connectivity index is 2.60. The van der Waals surface area contributed by atoms with E-state index in [0.717, 1.165) is 0 Å². The standard InChI is InChI=1S/C18H15N3O3/c22-15-9-4-2-1-3-7-14-19-20-21-24-18-13-8-12-17(23)16(18)11-6-5-10-15/h1-11,13-14H,12H2. The molecular weight excluding hydrogens is 306 g/mol. The quantitative estimate of drug-likeness (QED) is 0.730. The van der Waals surface area contributed by atoms with Crippen molar-refractivity contribution in [3.8, 4) is 0 Å². The van der Waals surface area contributed by atoms with Crippen LogP contribution in [0.25, 0.3) is 6.08 Å². The number of hydrogen-bond acceptors (Lipinski definition) is 6. The lowest BCUT2D eigenvalue weighted by molar-refractivity contribution is 0.0991. The van der Waals surface area contributed by atoms with Crippen LogP contribution >= 0.6 is 0 Å². The number of hydrogen-bond donors (Lipinski definition) is 0. The van der Waals surface area contributed by atoms with Crippen molar-refractivity contribution >= 4 is 11.9 Å². The van der Waals surface area contributed by atoms with Crippen molar-refractivity contribution in [1.82, 2.24) is 15.6 Å². The fourth-order valence-corrected chi connectivity index (χ4v) is 1.77. The van der Waals surface area contributed by atoms with Gasteiger partial charge in [0, 0.05) is 6.42 Å². The molecule has 0 aliphatic heterocycles. The Hall–Kier alpha value is -3.41. The highest BCUT2D eigenvalue weighted by molar-refractivity contribution is 6.01. The van der Waals surface area contributed by atoms with Crippen LogP contribution in [-0.4, -0.2) is 21.4 Å². The Kier molecular flexibility index (Phi) is 6.76. The molecule has 6 nitrogen and oxygen atoms in total. The van der Waals surface area contributed by atoms with Gasteiger partial charge in [0.1, 0.15) is 0 Å². The van der Waals surface area contributed by atoms with Gasteiger partial charge < -0.3 is 4.52 Å². The van der Waals surface area contributed by atoms with Crippen molar-refractivity contribution in [3.63, 3.8) is 0 Å². The Bertz CT molecular complexity index is 859. The highest BCUT2D eigenvalue weighted by Gasteiger charge is 2.12. The molecule has 1 aromatic rings. The van der Waals surface area contributed by atoms with E-state index < -0.39 is 0 Å². The summed E-state index contributed by atoms with van der Waals surface area (Å²) < 4.78 is 5.11. The van der Waals surface area contributed by atoms with E-state index in [1.165, 1.54) is 18.3 Å². The van der Waals surface area contributed by atoms with Crippen LogP contribution in [-0.2, 0) is 0 Å². The maximum absolute atomic E-state index is 12.0. The molecule has 1 heterocycles. The second-order valence-electron chi connectivity index (χ2n) is 4.58. The lowest BCUT2D eigenvalue weighted by Gasteiger charge is -2.02. The van der Waals surface area contributed by atoms with Crippen LogP contribution in [0.5, 0.6) is 0 Å². The van der Waals surface area contributed by atoms with E-state index in [1.54, 1.807) is 60.7 Å². The maximum Gasteiger partial charge on any atom is 0.178 e. The minimum absolute atomic E-state index is 0.107. The van der Waals surface area contributed by atoms with Crippen molar-refractivity contribution in [3.05, 3.63) is 94.5 Å². The molecule has 0 spiro atoms. The summed E-state index contributed by atoms with van der Waals surface area (Å²) in [4.78, 5) is 23.6. The van der Waals surface area contributed by atoms with E-state index in [1.807, 2.05) is 0 Å². The molecule has 24 heavy (non-hydrogen) atoms. The molecular formula is C18H15N3O3. The fourth-order valence-electron chi connectivity index (χ4n) is 1.77. The number of Topliss-reactive ketones (excluding diaryl/α,β-unsaturated/α-hetero) is 1. The van der Waals surface area contributed by atoms with Gasteiger partial charge in [-0.1, -0.05) is 42.5 Å². The van der Waals surface area contributed by atoms with Gasteiger partial charge in [-0.25, -0.2) is 0 Å². The Morgan fingerprint density at radius 2 is 1.58 bits per heavy atom. The average Bonchev–Trinajstić information content (AvgIpc) is 2.57. The molecule has 0 saturated heterocycles. The third kappa shape index (κ3) is 5.76. The molecule has 1 aliphatic carbocycles. The molecule has 120 valence electrons. The predicted octanol–water partition coefficient (Wildman–Crippen LogP) is 2.80. The Morgan fingerprint density at radius 1 is 0.875 bits per heavy atom. The second kappa shape index (κ2) is 9.58. The van der Waals surface area contributed by atoms with Crippen molar-refractivity contribution in [2.75, 3.05) is 0 Å². The zero-order valence-electron chi connectivity index (χ0n) is 12.8. The summed E-state index contributed by atoms with van der Waals surface area (Å²) in [6.07, 6.45) is 5.03. The molecule has 0 aromatic carbocycles. The zero-order valence-corrected chi connectivity index (χ0v) is 12.8. The van der Waals surface area contributed by atoms with Crippen molar-refractivity contribution < 1.29 is 9.32 Å². The monoisotopic (exact) mass is 321 g/mol. The SMILES string of the molecule is O=C1CC=Cc2onnncccccccc(=O)ccccc21. The number of allylic oxidation sites excluding steroid dienone is 1. The molecule has 0 atom stereocenters. The summed E-state index contributed by atoms with van der Waals surface area (Å²) in [6, 6.07) is 16.0. The summed E-state index contributed by atoms with van der Waals surface area (Å²) in [7, 11) is 0. The summed E-state index contributed by atoms with van der Waals surface area (Å²) in [5.41, 5.74) is 0.196. The van der Waals surface area contributed by atoms with E-state index in [9.17, 15) is 9.59 Å². The first-order chi connectivity index (χ1) is 11.8. The second-order valence-corrected chi connectivity index (χ2v) is 4.58. The van der Waals surface area contributed by atoms with E-state index >= 15 is 0 Å². The lowest BCUT2D eigenvalue weighted by atomic mass is 10.0. The highest BCUT2D eigenvalue weighted by atomic mass is 16.5. The van der Waals surface area contributed by atoms with Crippen molar-refractivity contribution in [2.45, 2.75) is 6.42 Å². The smallest absolute Gasteiger partial charge is 0.178 e. The summed E-state index contributed by atoms with van der Waals surface area (Å²) in [5.74, 6) is 0.171. The molecule has 0 radical (unpaired) electrons. The van der Waals surface area contributed by atoms with E-state index in [-0.39, 0.29) is 23.4 Å². The van der Waals surface area contributed by atoms with Gasteiger partial charge in [-0.15, -0.1) is 5.10 Å². The molecule has 0 saturated carbocycles. The van der Waals surface area contributed by atoms with E-state index in [2.05, 4.69) is 15.6 Å². The largest absolute Gasteiger partial charge is 0.337 e. The fraction of sp³-hybridized carbons (Fsp3) is 0.0556. The first kappa shape index (κ1) is 17.0. The van der Waals surface area contributed by atoms with Gasteiger partial charge in [-0.3, -0.25) is 9.59 Å². The van der Waals surface area contributed by atoms with Gasteiger partial charge in [0.05, 0.1) is 17.0 Å². The first-order valence-corrected chi connectivity index (χ1v) is 7.20. The molecule has 0 fully saturated rings. The van der Waals surface area contributed by atoms with E-state index in [4.69, 9.17) is 4.52 Å². The molecule has 0 amide bonds. The molecule has 1 aromatic heterocycles. The number of rotatable bonds is 0. The van der Waals surface area contributed by atoms with Crippen LogP contribution in [0.15, 0.2) is 82.3 Å². The number of fused-ring (bicyclic) bond motifs is 1. The Labute approximate surface area is 138 Å². The van der Waals surface area contributed by atoms with Crippen LogP contribution in [0.3, 0.4) is 0 Å². The third-order valence-electron chi connectivity index (χ3n) is 2.86. The molecule has 1 aliphatic rings. The molecule has 6 heteroatoms. The van der Waals surface area contributed by atoms with Crippen LogP contribution in [0.2, 0.25) is 0 Å².